The second-order valence-corrected chi connectivity index (χ2v) is 5.14. The van der Waals surface area contributed by atoms with Gasteiger partial charge in [-0.05, 0) is 22.4 Å². The number of nitrogens with one attached hydrogen (secondary N) is 1. The molecule has 0 aliphatic carbocycles. The Bertz CT molecular complexity index is 786. The van der Waals surface area contributed by atoms with Gasteiger partial charge in [0.2, 0.25) is 5.78 Å². The fraction of sp³-hybridized carbons (Fsp3) is 0.455. The predicted molar refractivity (Wildman–Crippen MR) is 74.1 cm³/mol. The van der Waals surface area contributed by atoms with Crippen molar-refractivity contribution in [2.45, 2.75) is 32.7 Å². The molecule has 8 heteroatoms. The quantitative estimate of drug-likeness (QED) is 0.585. The average molecular weight is 325 g/mol. The molecule has 0 unspecified atom stereocenters. The largest absolute Gasteiger partial charge is 0.327 e. The van der Waals surface area contributed by atoms with Gasteiger partial charge in [0, 0.05) is 6.54 Å². The molecule has 3 heterocycles. The molecule has 0 bridgehead atoms. The van der Waals surface area contributed by atoms with Crippen molar-refractivity contribution in [3.05, 3.63) is 21.4 Å². The highest BCUT2D eigenvalue weighted by Gasteiger charge is 2.15. The Balaban J connectivity index is 2.27. The number of aromatic amines is 1. The molecule has 0 saturated carbocycles. The fourth-order valence-electron chi connectivity index (χ4n) is 2.18. The summed E-state index contributed by atoms with van der Waals surface area (Å²) in [6, 6.07) is 0. The van der Waals surface area contributed by atoms with Gasteiger partial charge in [-0.25, -0.2) is 9.38 Å². The lowest BCUT2D eigenvalue weighted by Crippen LogP contribution is -2.18. The summed E-state index contributed by atoms with van der Waals surface area (Å²) >= 11 is 3.27. The van der Waals surface area contributed by atoms with Crippen LogP contribution in [0.3, 0.4) is 0 Å². The summed E-state index contributed by atoms with van der Waals surface area (Å²) in [5.41, 5.74) is 0.907. The zero-order chi connectivity index (χ0) is 13.4. The molecule has 19 heavy (non-hydrogen) atoms. The second kappa shape index (κ2) is 4.76. The third-order valence-electron chi connectivity index (χ3n) is 3.10. The van der Waals surface area contributed by atoms with Gasteiger partial charge in [-0.1, -0.05) is 19.8 Å². The van der Waals surface area contributed by atoms with Crippen LogP contribution >= 0.6 is 15.9 Å². The van der Waals surface area contributed by atoms with E-state index in [1.54, 1.807) is 0 Å². The smallest absolute Gasteiger partial charge is 0.286 e. The molecule has 0 aliphatic rings. The lowest BCUT2D eigenvalue weighted by molar-refractivity contribution is 0.612. The first-order valence-electron chi connectivity index (χ1n) is 6.20. The number of aryl methyl sites for hydroxylation is 1. The molecule has 3 aromatic heterocycles. The van der Waals surface area contributed by atoms with E-state index in [1.807, 2.05) is 4.57 Å². The number of halogens is 1. The first-order valence-corrected chi connectivity index (χ1v) is 6.99. The number of hydrogen-bond donors (Lipinski definition) is 1. The van der Waals surface area contributed by atoms with Crippen LogP contribution in [0.15, 0.2) is 15.9 Å². The zero-order valence-corrected chi connectivity index (χ0v) is 12.0. The number of H-pyrrole nitrogens is 1. The van der Waals surface area contributed by atoms with Gasteiger partial charge in [-0.15, -0.1) is 10.2 Å². The van der Waals surface area contributed by atoms with Crippen LogP contribution in [-0.4, -0.2) is 29.1 Å². The summed E-state index contributed by atoms with van der Waals surface area (Å²) < 4.78 is 3.92. The van der Waals surface area contributed by atoms with E-state index >= 15 is 0 Å². The van der Waals surface area contributed by atoms with Gasteiger partial charge in [0.25, 0.3) is 5.56 Å². The minimum absolute atomic E-state index is 0.181. The lowest BCUT2D eigenvalue weighted by Gasteiger charge is -2.07. The van der Waals surface area contributed by atoms with Crippen molar-refractivity contribution in [3.63, 3.8) is 0 Å². The van der Waals surface area contributed by atoms with Crippen molar-refractivity contribution in [1.29, 1.82) is 0 Å². The molecule has 0 radical (unpaired) electrons. The second-order valence-electron chi connectivity index (χ2n) is 4.39. The van der Waals surface area contributed by atoms with Gasteiger partial charge in [-0.2, -0.15) is 0 Å². The number of imidazole rings is 1. The molecular weight excluding hydrogens is 312 g/mol. The van der Waals surface area contributed by atoms with Crippen molar-refractivity contribution in [3.8, 4) is 0 Å². The Morgan fingerprint density at radius 3 is 3.05 bits per heavy atom. The standard InChI is InChI=1S/C11H13BrN6O/c1-2-3-4-5-17-8-7(14-10(12)15-8)9(19)18-6-13-16-11(17)18/h6H,2-5H2,1H3,(H,14,15). The molecule has 3 rings (SSSR count). The van der Waals surface area contributed by atoms with Crippen molar-refractivity contribution < 1.29 is 0 Å². The summed E-state index contributed by atoms with van der Waals surface area (Å²) in [6.45, 7) is 2.92. The van der Waals surface area contributed by atoms with Gasteiger partial charge in [0.15, 0.2) is 15.9 Å². The third-order valence-corrected chi connectivity index (χ3v) is 3.48. The first kappa shape index (κ1) is 12.3. The van der Waals surface area contributed by atoms with Crippen molar-refractivity contribution in [1.82, 2.24) is 29.1 Å². The lowest BCUT2D eigenvalue weighted by atomic mass is 10.2. The number of aromatic nitrogens is 6. The summed E-state index contributed by atoms with van der Waals surface area (Å²) in [5.74, 6) is 0.535. The summed E-state index contributed by atoms with van der Waals surface area (Å²) in [6.07, 6.45) is 4.71. The van der Waals surface area contributed by atoms with E-state index in [0.29, 0.717) is 21.7 Å². The topological polar surface area (TPSA) is 80.9 Å². The Labute approximate surface area is 116 Å². The third kappa shape index (κ3) is 1.95. The van der Waals surface area contributed by atoms with E-state index in [4.69, 9.17) is 0 Å². The first-order chi connectivity index (χ1) is 9.22. The normalized spacial score (nSPS) is 11.7. The van der Waals surface area contributed by atoms with Crippen LogP contribution in [0.2, 0.25) is 0 Å². The van der Waals surface area contributed by atoms with E-state index in [0.717, 1.165) is 25.8 Å². The van der Waals surface area contributed by atoms with Crippen molar-refractivity contribution in [2.75, 3.05) is 0 Å². The van der Waals surface area contributed by atoms with Crippen LogP contribution in [0, 0.1) is 0 Å². The Morgan fingerprint density at radius 1 is 1.42 bits per heavy atom. The molecule has 0 spiro atoms. The summed E-state index contributed by atoms with van der Waals surface area (Å²) in [5, 5.41) is 7.84. The van der Waals surface area contributed by atoms with Gasteiger partial charge >= 0.3 is 0 Å². The van der Waals surface area contributed by atoms with Crippen molar-refractivity contribution >= 4 is 32.9 Å². The minimum Gasteiger partial charge on any atom is -0.327 e. The summed E-state index contributed by atoms with van der Waals surface area (Å²) in [7, 11) is 0. The number of unbranched alkanes of at least 4 members (excludes halogenated alkanes) is 2. The highest BCUT2D eigenvalue weighted by molar-refractivity contribution is 9.10. The van der Waals surface area contributed by atoms with Crippen LogP contribution in [0.4, 0.5) is 0 Å². The van der Waals surface area contributed by atoms with Gasteiger partial charge < -0.3 is 4.98 Å². The van der Waals surface area contributed by atoms with Crippen LogP contribution in [-0.2, 0) is 6.54 Å². The Hall–Kier alpha value is -1.70. The van der Waals surface area contributed by atoms with E-state index in [-0.39, 0.29) is 5.56 Å². The van der Waals surface area contributed by atoms with Crippen LogP contribution in [0.5, 0.6) is 0 Å². The van der Waals surface area contributed by atoms with Gasteiger partial charge in [-0.3, -0.25) is 9.36 Å². The molecule has 0 atom stereocenters. The Kier molecular flexibility index (Phi) is 3.09. The van der Waals surface area contributed by atoms with E-state index in [9.17, 15) is 4.79 Å². The van der Waals surface area contributed by atoms with Gasteiger partial charge in [0.1, 0.15) is 6.33 Å². The monoisotopic (exact) mass is 324 g/mol. The van der Waals surface area contributed by atoms with Crippen LogP contribution in [0.1, 0.15) is 26.2 Å². The molecule has 0 amide bonds. The molecule has 1 N–H and O–H groups in total. The molecule has 0 aliphatic heterocycles. The molecule has 7 nitrogen and oxygen atoms in total. The van der Waals surface area contributed by atoms with Crippen LogP contribution < -0.4 is 5.56 Å². The maximum absolute atomic E-state index is 12.2. The molecule has 0 fully saturated rings. The van der Waals surface area contributed by atoms with Gasteiger partial charge in [0.05, 0.1) is 0 Å². The SMILES string of the molecule is CCCCCn1c2nc(Br)[nH]c2c(=O)n2cnnc12. The maximum Gasteiger partial charge on any atom is 0.286 e. The molecular formula is C11H13BrN6O. The number of fused-ring (bicyclic) bond motifs is 2. The number of hydrogen-bond acceptors (Lipinski definition) is 4. The zero-order valence-electron chi connectivity index (χ0n) is 10.4. The average Bonchev–Trinajstić information content (AvgIpc) is 3.00. The Morgan fingerprint density at radius 2 is 2.26 bits per heavy atom. The highest BCUT2D eigenvalue weighted by atomic mass is 79.9. The van der Waals surface area contributed by atoms with Crippen LogP contribution in [0.25, 0.3) is 16.9 Å². The maximum atomic E-state index is 12.2. The predicted octanol–water partition coefficient (Wildman–Crippen LogP) is 1.72. The molecule has 0 saturated heterocycles. The highest BCUT2D eigenvalue weighted by Crippen LogP contribution is 2.15. The number of rotatable bonds is 4. The van der Waals surface area contributed by atoms with E-state index in [2.05, 4.69) is 43.0 Å². The fourth-order valence-corrected chi connectivity index (χ4v) is 2.54. The minimum atomic E-state index is -0.181. The van der Waals surface area contributed by atoms with E-state index < -0.39 is 0 Å². The number of nitrogens with zero attached hydrogens (tertiary/aromatic N) is 5. The van der Waals surface area contributed by atoms with E-state index in [1.165, 1.54) is 10.7 Å². The molecule has 100 valence electrons. The van der Waals surface area contributed by atoms with Crippen molar-refractivity contribution in [2.24, 2.45) is 0 Å². The molecule has 3 aromatic rings. The summed E-state index contributed by atoms with van der Waals surface area (Å²) in [4.78, 5) is 19.5. The molecule has 0 aromatic carbocycles.